The summed E-state index contributed by atoms with van der Waals surface area (Å²) in [4.78, 5) is 27.6. The van der Waals surface area contributed by atoms with Gasteiger partial charge >= 0.3 is 0 Å². The van der Waals surface area contributed by atoms with Crippen molar-refractivity contribution < 1.29 is 9.59 Å². The van der Waals surface area contributed by atoms with E-state index in [9.17, 15) is 9.59 Å². The molecule has 0 aromatic heterocycles. The predicted molar refractivity (Wildman–Crippen MR) is 98.0 cm³/mol. The van der Waals surface area contributed by atoms with Crippen molar-refractivity contribution in [1.82, 2.24) is 4.90 Å². The summed E-state index contributed by atoms with van der Waals surface area (Å²) in [5, 5.41) is 3.05. The standard InChI is InChI=1S/C20H30N2O2/c1-5-15-11-10-12-16(6-2)17(15)21-18(23)20(3,4)19(24)22-13-8-7-9-14-22/h10-12H,5-9,13-14H2,1-4H3,(H,21,23). The Morgan fingerprint density at radius 3 is 2.08 bits per heavy atom. The number of hydrogen-bond donors (Lipinski definition) is 1. The molecule has 0 saturated carbocycles. The zero-order chi connectivity index (χ0) is 17.7. The lowest BCUT2D eigenvalue weighted by Gasteiger charge is -2.33. The Bertz CT molecular complexity index is 579. The lowest BCUT2D eigenvalue weighted by molar-refractivity contribution is -0.147. The Hall–Kier alpha value is -1.84. The van der Waals surface area contributed by atoms with Gasteiger partial charge in [-0.3, -0.25) is 9.59 Å². The molecule has 0 spiro atoms. The molecular formula is C20H30N2O2. The van der Waals surface area contributed by atoms with Crippen molar-refractivity contribution in [2.75, 3.05) is 18.4 Å². The van der Waals surface area contributed by atoms with E-state index in [1.165, 1.54) is 6.42 Å². The fourth-order valence-corrected chi connectivity index (χ4v) is 3.26. The monoisotopic (exact) mass is 330 g/mol. The van der Waals surface area contributed by atoms with Crippen molar-refractivity contribution in [2.24, 2.45) is 5.41 Å². The molecule has 1 aliphatic heterocycles. The molecule has 1 heterocycles. The summed E-state index contributed by atoms with van der Waals surface area (Å²) in [7, 11) is 0. The first-order valence-corrected chi connectivity index (χ1v) is 9.13. The molecule has 1 fully saturated rings. The van der Waals surface area contributed by atoms with Gasteiger partial charge in [-0.15, -0.1) is 0 Å². The fraction of sp³-hybridized carbons (Fsp3) is 0.600. The number of likely N-dealkylation sites (tertiary alicyclic amines) is 1. The van der Waals surface area contributed by atoms with Crippen LogP contribution in [0.4, 0.5) is 5.69 Å². The zero-order valence-electron chi connectivity index (χ0n) is 15.4. The van der Waals surface area contributed by atoms with Crippen LogP contribution in [0.15, 0.2) is 18.2 Å². The average molecular weight is 330 g/mol. The molecule has 0 unspecified atom stereocenters. The van der Waals surface area contributed by atoms with E-state index in [0.29, 0.717) is 0 Å². The second-order valence-electron chi connectivity index (χ2n) is 7.09. The maximum absolute atomic E-state index is 12.9. The molecule has 0 bridgehead atoms. The van der Waals surface area contributed by atoms with Crippen molar-refractivity contribution in [3.8, 4) is 0 Å². The molecule has 1 aliphatic rings. The van der Waals surface area contributed by atoms with Gasteiger partial charge in [0.25, 0.3) is 0 Å². The van der Waals surface area contributed by atoms with Gasteiger partial charge in [-0.1, -0.05) is 32.0 Å². The van der Waals surface area contributed by atoms with Crippen LogP contribution in [0.25, 0.3) is 0 Å². The maximum atomic E-state index is 12.9. The summed E-state index contributed by atoms with van der Waals surface area (Å²) in [6.07, 6.45) is 4.93. The molecule has 1 N–H and O–H groups in total. The normalized spacial score (nSPS) is 15.2. The van der Waals surface area contributed by atoms with E-state index in [1.807, 2.05) is 23.1 Å². The first-order chi connectivity index (χ1) is 11.4. The minimum atomic E-state index is -1.05. The molecule has 132 valence electrons. The highest BCUT2D eigenvalue weighted by Crippen LogP contribution is 2.28. The highest BCUT2D eigenvalue weighted by atomic mass is 16.2. The topological polar surface area (TPSA) is 49.4 Å². The Kier molecular flexibility index (Phi) is 6.03. The van der Waals surface area contributed by atoms with E-state index < -0.39 is 5.41 Å². The Morgan fingerprint density at radius 2 is 1.58 bits per heavy atom. The number of aryl methyl sites for hydroxylation is 2. The highest BCUT2D eigenvalue weighted by molar-refractivity contribution is 6.10. The molecule has 2 amide bonds. The van der Waals surface area contributed by atoms with E-state index >= 15 is 0 Å². The van der Waals surface area contributed by atoms with E-state index in [2.05, 4.69) is 19.2 Å². The number of rotatable bonds is 5. The quantitative estimate of drug-likeness (QED) is 0.835. The van der Waals surface area contributed by atoms with Gasteiger partial charge in [0.1, 0.15) is 5.41 Å². The number of nitrogens with zero attached hydrogens (tertiary/aromatic N) is 1. The van der Waals surface area contributed by atoms with Crippen molar-refractivity contribution in [3.05, 3.63) is 29.3 Å². The third kappa shape index (κ3) is 3.80. The van der Waals surface area contributed by atoms with Gasteiger partial charge < -0.3 is 10.2 Å². The van der Waals surface area contributed by atoms with Crippen LogP contribution in [0, 0.1) is 5.41 Å². The summed E-state index contributed by atoms with van der Waals surface area (Å²) in [6.45, 7) is 9.16. The van der Waals surface area contributed by atoms with Crippen LogP contribution in [0.2, 0.25) is 0 Å². The summed E-state index contributed by atoms with van der Waals surface area (Å²) in [5.74, 6) is -0.277. The van der Waals surface area contributed by atoms with Crippen LogP contribution in [0.1, 0.15) is 58.1 Å². The van der Waals surface area contributed by atoms with Gasteiger partial charge in [-0.25, -0.2) is 0 Å². The summed E-state index contributed by atoms with van der Waals surface area (Å²) in [6, 6.07) is 6.10. The van der Waals surface area contributed by atoms with Gasteiger partial charge in [-0.2, -0.15) is 0 Å². The lowest BCUT2D eigenvalue weighted by atomic mass is 9.88. The number of carbonyl (C=O) groups excluding carboxylic acids is 2. The minimum absolute atomic E-state index is 0.0632. The molecule has 4 heteroatoms. The Labute approximate surface area is 145 Å². The summed E-state index contributed by atoms with van der Waals surface area (Å²) in [5.41, 5.74) is 2.06. The number of para-hydroxylation sites is 1. The highest BCUT2D eigenvalue weighted by Gasteiger charge is 2.39. The van der Waals surface area contributed by atoms with Crippen LogP contribution < -0.4 is 5.32 Å². The molecule has 1 aromatic rings. The molecule has 1 aromatic carbocycles. The zero-order valence-corrected chi connectivity index (χ0v) is 15.4. The molecular weight excluding hydrogens is 300 g/mol. The number of hydrogen-bond acceptors (Lipinski definition) is 2. The summed E-state index contributed by atoms with van der Waals surface area (Å²) < 4.78 is 0. The molecule has 0 aliphatic carbocycles. The van der Waals surface area contributed by atoms with Crippen molar-refractivity contribution >= 4 is 17.5 Å². The molecule has 0 radical (unpaired) electrons. The van der Waals surface area contributed by atoms with Crippen molar-refractivity contribution in [1.29, 1.82) is 0 Å². The SMILES string of the molecule is CCc1cccc(CC)c1NC(=O)C(C)(C)C(=O)N1CCCCC1. The number of benzene rings is 1. The van der Waals surface area contributed by atoms with Crippen molar-refractivity contribution in [2.45, 2.75) is 59.8 Å². The number of nitrogens with one attached hydrogen (secondary N) is 1. The third-order valence-electron chi connectivity index (χ3n) is 4.98. The predicted octanol–water partition coefficient (Wildman–Crippen LogP) is 3.79. The second kappa shape index (κ2) is 7.82. The van der Waals surface area contributed by atoms with Gasteiger partial charge in [0, 0.05) is 18.8 Å². The molecule has 0 atom stereocenters. The first kappa shape index (κ1) is 18.5. The molecule has 1 saturated heterocycles. The van der Waals surface area contributed by atoms with Crippen LogP contribution in [-0.4, -0.2) is 29.8 Å². The van der Waals surface area contributed by atoms with Crippen LogP contribution in [0.5, 0.6) is 0 Å². The molecule has 24 heavy (non-hydrogen) atoms. The van der Waals surface area contributed by atoms with Gasteiger partial charge in [-0.05, 0) is 57.1 Å². The second-order valence-corrected chi connectivity index (χ2v) is 7.09. The fourth-order valence-electron chi connectivity index (χ4n) is 3.26. The first-order valence-electron chi connectivity index (χ1n) is 9.13. The van der Waals surface area contributed by atoms with E-state index in [4.69, 9.17) is 0 Å². The number of anilines is 1. The third-order valence-corrected chi connectivity index (χ3v) is 4.98. The van der Waals surface area contributed by atoms with Gasteiger partial charge in [0.2, 0.25) is 11.8 Å². The number of piperidine rings is 1. The minimum Gasteiger partial charge on any atom is -0.342 e. The Morgan fingerprint density at radius 1 is 1.04 bits per heavy atom. The van der Waals surface area contributed by atoms with Gasteiger partial charge in [0.15, 0.2) is 0 Å². The summed E-state index contributed by atoms with van der Waals surface area (Å²) >= 11 is 0. The van der Waals surface area contributed by atoms with Gasteiger partial charge in [0.05, 0.1) is 0 Å². The van der Waals surface area contributed by atoms with Crippen LogP contribution >= 0.6 is 0 Å². The lowest BCUT2D eigenvalue weighted by Crippen LogP contribution is -2.49. The van der Waals surface area contributed by atoms with Crippen LogP contribution in [-0.2, 0) is 22.4 Å². The van der Waals surface area contributed by atoms with E-state index in [0.717, 1.165) is 55.6 Å². The maximum Gasteiger partial charge on any atom is 0.239 e. The molecule has 4 nitrogen and oxygen atoms in total. The smallest absolute Gasteiger partial charge is 0.239 e. The number of carbonyl (C=O) groups is 2. The Balaban J connectivity index is 2.20. The van der Waals surface area contributed by atoms with E-state index in [-0.39, 0.29) is 11.8 Å². The average Bonchev–Trinajstić information content (AvgIpc) is 2.61. The van der Waals surface area contributed by atoms with Crippen LogP contribution in [0.3, 0.4) is 0 Å². The number of amides is 2. The largest absolute Gasteiger partial charge is 0.342 e. The van der Waals surface area contributed by atoms with E-state index in [1.54, 1.807) is 13.8 Å². The van der Waals surface area contributed by atoms with Crippen molar-refractivity contribution in [3.63, 3.8) is 0 Å². The molecule has 2 rings (SSSR count).